The van der Waals surface area contributed by atoms with Crippen molar-refractivity contribution in [2.75, 3.05) is 18.9 Å². The zero-order valence-electron chi connectivity index (χ0n) is 6.25. The average molecular weight is 169 g/mol. The van der Waals surface area contributed by atoms with E-state index in [-0.39, 0.29) is 0 Å². The van der Waals surface area contributed by atoms with Crippen molar-refractivity contribution in [2.45, 2.75) is 12.3 Å². The zero-order chi connectivity index (χ0) is 7.68. The van der Waals surface area contributed by atoms with Crippen LogP contribution < -0.4 is 5.73 Å². The molecule has 1 aromatic heterocycles. The van der Waals surface area contributed by atoms with Gasteiger partial charge in [0, 0.05) is 23.6 Å². The van der Waals surface area contributed by atoms with Crippen LogP contribution in [-0.4, -0.2) is 13.2 Å². The van der Waals surface area contributed by atoms with Gasteiger partial charge in [-0.2, -0.15) is 0 Å². The SMILES string of the molecule is Nc1cscc1C1CCOC1. The Morgan fingerprint density at radius 2 is 2.45 bits per heavy atom. The Bertz CT molecular complexity index is 240. The maximum absolute atomic E-state index is 5.78. The lowest BCUT2D eigenvalue weighted by Gasteiger charge is -2.04. The summed E-state index contributed by atoms with van der Waals surface area (Å²) in [4.78, 5) is 0. The van der Waals surface area contributed by atoms with Gasteiger partial charge < -0.3 is 10.5 Å². The lowest BCUT2D eigenvalue weighted by atomic mass is 10.0. The predicted octanol–water partition coefficient (Wildman–Crippen LogP) is 1.83. The molecule has 1 aliphatic rings. The van der Waals surface area contributed by atoms with E-state index in [1.165, 1.54) is 5.56 Å². The van der Waals surface area contributed by atoms with Crippen molar-refractivity contribution in [2.24, 2.45) is 0 Å². The second-order valence-electron chi connectivity index (χ2n) is 2.84. The Morgan fingerprint density at radius 3 is 3.00 bits per heavy atom. The Balaban J connectivity index is 2.21. The topological polar surface area (TPSA) is 35.2 Å². The molecule has 1 fully saturated rings. The van der Waals surface area contributed by atoms with Crippen LogP contribution in [-0.2, 0) is 4.74 Å². The molecule has 3 heteroatoms. The Labute approximate surface area is 70.0 Å². The van der Waals surface area contributed by atoms with E-state index in [0.717, 1.165) is 25.3 Å². The van der Waals surface area contributed by atoms with E-state index in [9.17, 15) is 0 Å². The number of hydrogen-bond acceptors (Lipinski definition) is 3. The lowest BCUT2D eigenvalue weighted by molar-refractivity contribution is 0.194. The second-order valence-corrected chi connectivity index (χ2v) is 3.59. The van der Waals surface area contributed by atoms with Crippen LogP contribution in [0, 0.1) is 0 Å². The third kappa shape index (κ3) is 1.26. The minimum absolute atomic E-state index is 0.557. The molecular weight excluding hydrogens is 158 g/mol. The van der Waals surface area contributed by atoms with Crippen LogP contribution in [0.5, 0.6) is 0 Å². The molecule has 1 aliphatic heterocycles. The Morgan fingerprint density at radius 1 is 1.55 bits per heavy atom. The lowest BCUT2D eigenvalue weighted by Crippen LogP contribution is -1.98. The number of hydrogen-bond donors (Lipinski definition) is 1. The van der Waals surface area contributed by atoms with Crippen LogP contribution >= 0.6 is 11.3 Å². The van der Waals surface area contributed by atoms with Gasteiger partial charge in [-0.3, -0.25) is 0 Å². The summed E-state index contributed by atoms with van der Waals surface area (Å²) in [6.07, 6.45) is 1.13. The summed E-state index contributed by atoms with van der Waals surface area (Å²) in [7, 11) is 0. The fourth-order valence-corrected chi connectivity index (χ4v) is 2.25. The predicted molar refractivity (Wildman–Crippen MR) is 46.9 cm³/mol. The van der Waals surface area contributed by atoms with E-state index in [2.05, 4.69) is 5.38 Å². The van der Waals surface area contributed by atoms with Gasteiger partial charge in [-0.1, -0.05) is 0 Å². The molecule has 0 radical (unpaired) electrons. The number of nitrogen functional groups attached to an aromatic ring is 1. The summed E-state index contributed by atoms with van der Waals surface area (Å²) in [5, 5.41) is 4.13. The largest absolute Gasteiger partial charge is 0.398 e. The molecule has 0 aliphatic carbocycles. The minimum atomic E-state index is 0.557. The minimum Gasteiger partial charge on any atom is -0.398 e. The summed E-state index contributed by atoms with van der Waals surface area (Å²) < 4.78 is 5.28. The molecule has 11 heavy (non-hydrogen) atoms. The van der Waals surface area contributed by atoms with E-state index in [4.69, 9.17) is 10.5 Å². The van der Waals surface area contributed by atoms with Crippen LogP contribution in [0.15, 0.2) is 10.8 Å². The smallest absolute Gasteiger partial charge is 0.0536 e. The summed E-state index contributed by atoms with van der Waals surface area (Å²) in [6.45, 7) is 1.74. The Hall–Kier alpha value is -0.540. The molecule has 0 aromatic carbocycles. The van der Waals surface area contributed by atoms with Crippen LogP contribution in [0.2, 0.25) is 0 Å². The first-order chi connectivity index (χ1) is 5.38. The van der Waals surface area contributed by atoms with Gasteiger partial charge in [0.15, 0.2) is 0 Å². The zero-order valence-corrected chi connectivity index (χ0v) is 7.06. The highest BCUT2D eigenvalue weighted by Crippen LogP contribution is 2.31. The monoisotopic (exact) mass is 169 g/mol. The van der Waals surface area contributed by atoms with Crippen molar-refractivity contribution in [1.29, 1.82) is 0 Å². The number of rotatable bonds is 1. The number of ether oxygens (including phenoxy) is 1. The van der Waals surface area contributed by atoms with E-state index in [1.807, 2.05) is 5.38 Å². The molecule has 2 heterocycles. The van der Waals surface area contributed by atoms with Gasteiger partial charge >= 0.3 is 0 Å². The normalized spacial score (nSPS) is 24.2. The van der Waals surface area contributed by atoms with Crippen molar-refractivity contribution >= 4 is 17.0 Å². The highest BCUT2D eigenvalue weighted by atomic mass is 32.1. The van der Waals surface area contributed by atoms with E-state index in [0.29, 0.717) is 5.92 Å². The molecule has 1 unspecified atom stereocenters. The highest BCUT2D eigenvalue weighted by molar-refractivity contribution is 7.08. The Kier molecular flexibility index (Phi) is 1.84. The summed E-state index contributed by atoms with van der Waals surface area (Å²) >= 11 is 1.67. The molecule has 2 rings (SSSR count). The molecule has 0 saturated carbocycles. The van der Waals surface area contributed by atoms with Crippen LogP contribution in [0.1, 0.15) is 17.9 Å². The quantitative estimate of drug-likeness (QED) is 0.696. The molecule has 2 nitrogen and oxygen atoms in total. The first kappa shape index (κ1) is 7.13. The fourth-order valence-electron chi connectivity index (χ4n) is 1.43. The number of thiophene rings is 1. The summed E-state index contributed by atoms with van der Waals surface area (Å²) in [5.74, 6) is 0.557. The third-order valence-corrected chi connectivity index (χ3v) is 2.87. The molecule has 0 bridgehead atoms. The second kappa shape index (κ2) is 2.83. The average Bonchev–Trinajstić information content (AvgIpc) is 2.55. The van der Waals surface area contributed by atoms with Crippen molar-refractivity contribution < 1.29 is 4.74 Å². The summed E-state index contributed by atoms with van der Waals surface area (Å²) in [5.41, 5.74) is 8.00. The van der Waals surface area contributed by atoms with Gasteiger partial charge in [-0.15, -0.1) is 11.3 Å². The molecule has 2 N–H and O–H groups in total. The van der Waals surface area contributed by atoms with Gasteiger partial charge in [0.25, 0.3) is 0 Å². The maximum Gasteiger partial charge on any atom is 0.0536 e. The van der Waals surface area contributed by atoms with Crippen molar-refractivity contribution in [3.05, 3.63) is 16.3 Å². The molecule has 60 valence electrons. The van der Waals surface area contributed by atoms with Gasteiger partial charge in [0.1, 0.15) is 0 Å². The maximum atomic E-state index is 5.78. The van der Waals surface area contributed by atoms with Gasteiger partial charge in [-0.05, 0) is 17.4 Å². The molecule has 1 aromatic rings. The molecule has 0 amide bonds. The molecular formula is C8H11NOS. The van der Waals surface area contributed by atoms with Crippen molar-refractivity contribution in [1.82, 2.24) is 0 Å². The molecule has 1 saturated heterocycles. The summed E-state index contributed by atoms with van der Waals surface area (Å²) in [6, 6.07) is 0. The van der Waals surface area contributed by atoms with E-state index in [1.54, 1.807) is 11.3 Å². The van der Waals surface area contributed by atoms with Crippen LogP contribution in [0.4, 0.5) is 5.69 Å². The number of anilines is 1. The number of nitrogens with two attached hydrogens (primary N) is 1. The van der Waals surface area contributed by atoms with Crippen LogP contribution in [0.25, 0.3) is 0 Å². The molecule has 0 spiro atoms. The fraction of sp³-hybridized carbons (Fsp3) is 0.500. The molecule has 1 atom stereocenters. The van der Waals surface area contributed by atoms with Crippen LogP contribution in [0.3, 0.4) is 0 Å². The third-order valence-electron chi connectivity index (χ3n) is 2.09. The van der Waals surface area contributed by atoms with Crippen molar-refractivity contribution in [3.63, 3.8) is 0 Å². The van der Waals surface area contributed by atoms with Gasteiger partial charge in [0.05, 0.1) is 6.61 Å². The standard InChI is InChI=1S/C8H11NOS/c9-8-5-11-4-7(8)6-1-2-10-3-6/h4-6H,1-3,9H2. The van der Waals surface area contributed by atoms with E-state index >= 15 is 0 Å². The van der Waals surface area contributed by atoms with Gasteiger partial charge in [-0.25, -0.2) is 0 Å². The van der Waals surface area contributed by atoms with Crippen molar-refractivity contribution in [3.8, 4) is 0 Å². The highest BCUT2D eigenvalue weighted by Gasteiger charge is 2.19. The first-order valence-electron chi connectivity index (χ1n) is 3.77. The van der Waals surface area contributed by atoms with E-state index < -0.39 is 0 Å². The first-order valence-corrected chi connectivity index (χ1v) is 4.71. The van der Waals surface area contributed by atoms with Gasteiger partial charge in [0.2, 0.25) is 0 Å².